The van der Waals surface area contributed by atoms with Crippen molar-refractivity contribution < 1.29 is 4.79 Å². The highest BCUT2D eigenvalue weighted by Crippen LogP contribution is 2.22. The molecular formula is C14H18N2OS2. The largest absolute Gasteiger partial charge is 0.367 e. The molecule has 102 valence electrons. The van der Waals surface area contributed by atoms with Crippen molar-refractivity contribution in [2.75, 3.05) is 6.54 Å². The maximum absolute atomic E-state index is 11.6. The molecule has 1 aromatic carbocycles. The molecule has 0 spiro atoms. The van der Waals surface area contributed by atoms with Crippen LogP contribution in [0.3, 0.4) is 0 Å². The number of rotatable bonds is 4. The predicted octanol–water partition coefficient (Wildman–Crippen LogP) is 2.76. The summed E-state index contributed by atoms with van der Waals surface area (Å²) in [5, 5.41) is 3.34. The first-order chi connectivity index (χ1) is 9.16. The van der Waals surface area contributed by atoms with Crippen molar-refractivity contribution in [3.63, 3.8) is 0 Å². The molecule has 0 aromatic heterocycles. The number of nitrogens with one attached hydrogen (secondary N) is 1. The molecule has 5 heteroatoms. The van der Waals surface area contributed by atoms with Crippen molar-refractivity contribution in [2.45, 2.75) is 31.7 Å². The van der Waals surface area contributed by atoms with Crippen LogP contribution in [0.15, 0.2) is 30.3 Å². The first kappa shape index (κ1) is 14.3. The highest BCUT2D eigenvalue weighted by Gasteiger charge is 2.25. The highest BCUT2D eigenvalue weighted by molar-refractivity contribution is 8.23. The number of likely N-dealkylation sites (tertiary alicyclic amines) is 1. The van der Waals surface area contributed by atoms with E-state index in [2.05, 4.69) is 17.4 Å². The lowest BCUT2D eigenvalue weighted by molar-refractivity contribution is -0.128. The molecule has 0 bridgehead atoms. The fraction of sp³-hybridized carbons (Fsp3) is 0.429. The van der Waals surface area contributed by atoms with Crippen molar-refractivity contribution in [2.24, 2.45) is 0 Å². The summed E-state index contributed by atoms with van der Waals surface area (Å²) >= 11 is 6.86. The van der Waals surface area contributed by atoms with Crippen LogP contribution in [0.5, 0.6) is 0 Å². The van der Waals surface area contributed by atoms with E-state index >= 15 is 0 Å². The van der Waals surface area contributed by atoms with E-state index in [4.69, 9.17) is 12.2 Å². The molecule has 0 saturated carbocycles. The van der Waals surface area contributed by atoms with Crippen LogP contribution in [-0.4, -0.2) is 27.0 Å². The normalized spacial score (nSPS) is 16.5. The third-order valence-electron chi connectivity index (χ3n) is 3.11. The van der Waals surface area contributed by atoms with Crippen LogP contribution in [0, 0.1) is 0 Å². The number of hydrogen-bond donors (Lipinski definition) is 1. The van der Waals surface area contributed by atoms with Gasteiger partial charge in [-0.25, -0.2) is 0 Å². The van der Waals surface area contributed by atoms with Gasteiger partial charge in [-0.3, -0.25) is 4.79 Å². The number of nitrogens with zero attached hydrogens (tertiary/aromatic N) is 1. The summed E-state index contributed by atoms with van der Waals surface area (Å²) in [6.07, 6.45) is 1.64. The summed E-state index contributed by atoms with van der Waals surface area (Å²) in [4.78, 5) is 13.5. The smallest absolute Gasteiger partial charge is 0.223 e. The van der Waals surface area contributed by atoms with Gasteiger partial charge in [0.1, 0.15) is 4.32 Å². The molecule has 1 heterocycles. The van der Waals surface area contributed by atoms with E-state index in [1.54, 1.807) is 11.8 Å². The molecule has 19 heavy (non-hydrogen) atoms. The average Bonchev–Trinajstić information content (AvgIpc) is 2.84. The minimum absolute atomic E-state index is 0.116. The van der Waals surface area contributed by atoms with Crippen LogP contribution < -0.4 is 5.32 Å². The quantitative estimate of drug-likeness (QED) is 0.866. The highest BCUT2D eigenvalue weighted by atomic mass is 32.2. The van der Waals surface area contributed by atoms with Crippen molar-refractivity contribution in [3.05, 3.63) is 35.9 Å². The Bertz CT molecular complexity index is 450. The fourth-order valence-electron chi connectivity index (χ4n) is 2.08. The second kappa shape index (κ2) is 6.91. The van der Waals surface area contributed by atoms with Gasteiger partial charge >= 0.3 is 0 Å². The standard InChI is InChI=1S/C14H18N2OS2/c1-11(16-9-5-8-13(16)17)19-14(18)15-10-12-6-3-2-4-7-12/h2-4,6-7,11H,5,8-10H2,1H3,(H,15,18). The molecule has 0 radical (unpaired) electrons. The van der Waals surface area contributed by atoms with E-state index in [1.165, 1.54) is 5.56 Å². The fourth-order valence-corrected chi connectivity index (χ4v) is 3.39. The summed E-state index contributed by atoms with van der Waals surface area (Å²) in [5.41, 5.74) is 1.20. The molecule has 1 aliphatic heterocycles. The van der Waals surface area contributed by atoms with Crippen LogP contribution in [0.1, 0.15) is 25.3 Å². The van der Waals surface area contributed by atoms with Crippen molar-refractivity contribution in [3.8, 4) is 0 Å². The lowest BCUT2D eigenvalue weighted by Crippen LogP contribution is -2.34. The Kier molecular flexibility index (Phi) is 5.22. The third kappa shape index (κ3) is 4.21. The molecule has 3 nitrogen and oxygen atoms in total. The number of carbonyl (C=O) groups is 1. The summed E-state index contributed by atoms with van der Waals surface area (Å²) in [6, 6.07) is 10.1. The number of benzene rings is 1. The van der Waals surface area contributed by atoms with E-state index in [1.807, 2.05) is 30.0 Å². The van der Waals surface area contributed by atoms with Crippen LogP contribution in [0.4, 0.5) is 0 Å². The van der Waals surface area contributed by atoms with Gasteiger partial charge in [-0.2, -0.15) is 0 Å². The predicted molar refractivity (Wildman–Crippen MR) is 83.9 cm³/mol. The van der Waals surface area contributed by atoms with Gasteiger partial charge in [-0.1, -0.05) is 54.3 Å². The SMILES string of the molecule is CC(SC(=S)NCc1ccccc1)N1CCCC1=O. The first-order valence-electron chi connectivity index (χ1n) is 6.44. The van der Waals surface area contributed by atoms with E-state index in [9.17, 15) is 4.79 Å². The maximum Gasteiger partial charge on any atom is 0.223 e. The number of amides is 1. The second-order valence-corrected chi connectivity index (χ2v) is 6.53. The molecule has 2 rings (SSSR count). The van der Waals surface area contributed by atoms with Gasteiger partial charge in [0.15, 0.2) is 0 Å². The molecule has 1 fully saturated rings. The minimum atomic E-state index is 0.116. The molecule has 1 saturated heterocycles. The number of thioether (sulfide) groups is 1. The monoisotopic (exact) mass is 294 g/mol. The Balaban J connectivity index is 1.76. The van der Waals surface area contributed by atoms with Crippen molar-refractivity contribution >= 4 is 34.2 Å². The summed E-state index contributed by atoms with van der Waals surface area (Å²) < 4.78 is 0.746. The van der Waals surface area contributed by atoms with E-state index < -0.39 is 0 Å². The van der Waals surface area contributed by atoms with E-state index in [0.717, 1.165) is 23.8 Å². The molecule has 1 N–H and O–H groups in total. The Morgan fingerprint density at radius 3 is 2.84 bits per heavy atom. The van der Waals surface area contributed by atoms with Crippen LogP contribution >= 0.6 is 24.0 Å². The van der Waals surface area contributed by atoms with Crippen molar-refractivity contribution in [1.82, 2.24) is 10.2 Å². The van der Waals surface area contributed by atoms with Crippen molar-refractivity contribution in [1.29, 1.82) is 0 Å². The summed E-state index contributed by atoms with van der Waals surface area (Å²) in [5.74, 6) is 0.242. The van der Waals surface area contributed by atoms with Gasteiger partial charge < -0.3 is 10.2 Å². The molecule has 0 aliphatic carbocycles. The zero-order chi connectivity index (χ0) is 13.7. The van der Waals surface area contributed by atoms with Gasteiger partial charge in [-0.05, 0) is 18.9 Å². The minimum Gasteiger partial charge on any atom is -0.367 e. The van der Waals surface area contributed by atoms with Crippen LogP contribution in [0.25, 0.3) is 0 Å². The Morgan fingerprint density at radius 2 is 2.21 bits per heavy atom. The van der Waals surface area contributed by atoms with Crippen LogP contribution in [-0.2, 0) is 11.3 Å². The second-order valence-electron chi connectivity index (χ2n) is 4.53. The maximum atomic E-state index is 11.6. The molecule has 1 unspecified atom stereocenters. The van der Waals surface area contributed by atoms with Gasteiger partial charge in [0, 0.05) is 19.5 Å². The van der Waals surface area contributed by atoms with E-state index in [0.29, 0.717) is 6.42 Å². The number of carbonyl (C=O) groups excluding carboxylic acids is 1. The molecule has 1 aliphatic rings. The molecule has 1 amide bonds. The zero-order valence-corrected chi connectivity index (χ0v) is 12.6. The lowest BCUT2D eigenvalue weighted by Gasteiger charge is -2.23. The molecular weight excluding hydrogens is 276 g/mol. The van der Waals surface area contributed by atoms with Gasteiger partial charge in [-0.15, -0.1) is 0 Å². The summed E-state index contributed by atoms with van der Waals surface area (Å²) in [6.45, 7) is 3.62. The average molecular weight is 294 g/mol. The van der Waals surface area contributed by atoms with Gasteiger partial charge in [0.25, 0.3) is 0 Å². The first-order valence-corrected chi connectivity index (χ1v) is 7.73. The zero-order valence-electron chi connectivity index (χ0n) is 11.0. The topological polar surface area (TPSA) is 32.3 Å². The number of hydrogen-bond acceptors (Lipinski definition) is 3. The third-order valence-corrected chi connectivity index (χ3v) is 4.49. The van der Waals surface area contributed by atoms with Gasteiger partial charge in [0.05, 0.1) is 5.37 Å². The Hall–Kier alpha value is -1.07. The summed E-state index contributed by atoms with van der Waals surface area (Å²) in [7, 11) is 0. The number of thiocarbonyl (C=S) groups is 1. The van der Waals surface area contributed by atoms with E-state index in [-0.39, 0.29) is 11.3 Å². The lowest BCUT2D eigenvalue weighted by atomic mass is 10.2. The molecule has 1 atom stereocenters. The molecule has 1 aromatic rings. The Labute approximate surface area is 123 Å². The van der Waals surface area contributed by atoms with Crippen LogP contribution in [0.2, 0.25) is 0 Å². The Morgan fingerprint density at radius 1 is 1.47 bits per heavy atom. The van der Waals surface area contributed by atoms with Gasteiger partial charge in [0.2, 0.25) is 5.91 Å².